The molecule has 1 amide bonds. The Morgan fingerprint density at radius 1 is 1.08 bits per heavy atom. The van der Waals surface area contributed by atoms with Crippen LogP contribution in [0.25, 0.3) is 0 Å². The maximum Gasteiger partial charge on any atom is 0.225 e. The molecule has 1 aromatic rings. The van der Waals surface area contributed by atoms with E-state index in [1.807, 2.05) is 4.90 Å². The smallest absolute Gasteiger partial charge is 0.225 e. The van der Waals surface area contributed by atoms with Crippen LogP contribution in [0.5, 0.6) is 0 Å². The summed E-state index contributed by atoms with van der Waals surface area (Å²) in [5.41, 5.74) is 0. The van der Waals surface area contributed by atoms with Crippen molar-refractivity contribution in [3.8, 4) is 0 Å². The molecule has 6 heteroatoms. The lowest BCUT2D eigenvalue weighted by Gasteiger charge is -2.34. The molecule has 3 rings (SSSR count). The summed E-state index contributed by atoms with van der Waals surface area (Å²) >= 11 is 3.33. The first-order valence-corrected chi connectivity index (χ1v) is 11.2. The van der Waals surface area contributed by atoms with E-state index in [1.54, 1.807) is 24.3 Å². The van der Waals surface area contributed by atoms with Gasteiger partial charge in [-0.15, -0.1) is 0 Å². The fraction of sp³-hybridized carbons (Fsp3) is 0.611. The van der Waals surface area contributed by atoms with Crippen LogP contribution in [-0.4, -0.2) is 38.1 Å². The van der Waals surface area contributed by atoms with Crippen LogP contribution in [0.3, 0.4) is 0 Å². The molecular weight excluding hydrogens is 390 g/mol. The van der Waals surface area contributed by atoms with Crippen molar-refractivity contribution in [1.29, 1.82) is 0 Å². The number of sulfone groups is 1. The monoisotopic (exact) mass is 413 g/mol. The second-order valence-electron chi connectivity index (χ2n) is 7.01. The van der Waals surface area contributed by atoms with Gasteiger partial charge in [-0.1, -0.05) is 28.8 Å². The van der Waals surface area contributed by atoms with Crippen molar-refractivity contribution in [2.45, 2.75) is 43.4 Å². The lowest BCUT2D eigenvalue weighted by atomic mass is 9.97. The molecule has 1 saturated carbocycles. The van der Waals surface area contributed by atoms with Crippen LogP contribution < -0.4 is 0 Å². The first kappa shape index (κ1) is 17.9. The highest BCUT2D eigenvalue weighted by atomic mass is 79.9. The number of rotatable bonds is 4. The molecule has 0 N–H and O–H groups in total. The van der Waals surface area contributed by atoms with Gasteiger partial charge in [0.15, 0.2) is 9.84 Å². The Hall–Kier alpha value is -0.880. The third-order valence-electron chi connectivity index (χ3n) is 5.16. The Bertz CT molecular complexity index is 681. The van der Waals surface area contributed by atoms with Gasteiger partial charge in [-0.3, -0.25) is 4.79 Å². The molecule has 1 aliphatic heterocycles. The summed E-state index contributed by atoms with van der Waals surface area (Å²) in [6, 6.07) is 6.79. The molecular formula is C18H24BrNO3S. The molecule has 1 aromatic carbocycles. The van der Waals surface area contributed by atoms with Gasteiger partial charge in [0.25, 0.3) is 0 Å². The molecule has 1 saturated heterocycles. The van der Waals surface area contributed by atoms with Crippen LogP contribution in [0.15, 0.2) is 33.6 Å². The van der Waals surface area contributed by atoms with Crippen LogP contribution in [0, 0.1) is 11.8 Å². The summed E-state index contributed by atoms with van der Waals surface area (Å²) in [7, 11) is -3.30. The molecule has 0 bridgehead atoms. The normalized spacial score (nSPS) is 22.7. The Balaban J connectivity index is 1.64. The summed E-state index contributed by atoms with van der Waals surface area (Å²) in [4.78, 5) is 14.9. The van der Waals surface area contributed by atoms with Gasteiger partial charge in [-0.2, -0.15) is 0 Å². The van der Waals surface area contributed by atoms with Crippen molar-refractivity contribution < 1.29 is 13.2 Å². The maximum absolute atomic E-state index is 12.6. The van der Waals surface area contributed by atoms with E-state index in [1.165, 1.54) is 0 Å². The summed E-state index contributed by atoms with van der Waals surface area (Å²) < 4.78 is 26.1. The van der Waals surface area contributed by atoms with E-state index in [0.29, 0.717) is 11.4 Å². The topological polar surface area (TPSA) is 54.5 Å². The molecule has 0 radical (unpaired) electrons. The number of likely N-dealkylation sites (tertiary alicyclic amines) is 1. The Morgan fingerprint density at radius 2 is 1.75 bits per heavy atom. The fourth-order valence-corrected chi connectivity index (χ4v) is 5.78. The number of carbonyl (C=O) groups is 1. The molecule has 2 aliphatic rings. The zero-order chi connectivity index (χ0) is 17.2. The Kier molecular flexibility index (Phi) is 5.65. The van der Waals surface area contributed by atoms with Crippen molar-refractivity contribution in [3.05, 3.63) is 28.7 Å². The first-order valence-electron chi connectivity index (χ1n) is 8.73. The minimum atomic E-state index is -3.30. The Morgan fingerprint density at radius 3 is 2.42 bits per heavy atom. The molecule has 2 fully saturated rings. The van der Waals surface area contributed by atoms with Crippen LogP contribution >= 0.6 is 15.9 Å². The van der Waals surface area contributed by atoms with Crippen molar-refractivity contribution in [2.75, 3.05) is 18.8 Å². The van der Waals surface area contributed by atoms with Crippen molar-refractivity contribution in [1.82, 2.24) is 4.90 Å². The number of carbonyl (C=O) groups excluding carboxylic acids is 1. The SMILES string of the molecule is O=C(C1CCCC1)N1CCCC(CS(=O)(=O)c2ccc(Br)cc2)C1. The zero-order valence-electron chi connectivity index (χ0n) is 13.8. The molecule has 1 unspecified atom stereocenters. The number of nitrogens with zero attached hydrogens (tertiary/aromatic N) is 1. The van der Waals surface area contributed by atoms with Gasteiger partial charge in [-0.25, -0.2) is 8.42 Å². The molecule has 1 atom stereocenters. The van der Waals surface area contributed by atoms with Gasteiger partial charge in [0, 0.05) is 23.5 Å². The van der Waals surface area contributed by atoms with E-state index in [9.17, 15) is 13.2 Å². The molecule has 0 spiro atoms. The van der Waals surface area contributed by atoms with Crippen LogP contribution in [0.4, 0.5) is 0 Å². The highest BCUT2D eigenvalue weighted by Gasteiger charge is 2.32. The zero-order valence-corrected chi connectivity index (χ0v) is 16.2. The maximum atomic E-state index is 12.6. The van der Waals surface area contributed by atoms with E-state index in [4.69, 9.17) is 0 Å². The summed E-state index contributed by atoms with van der Waals surface area (Å²) in [6.07, 6.45) is 6.06. The average Bonchev–Trinajstić information content (AvgIpc) is 3.09. The lowest BCUT2D eigenvalue weighted by Crippen LogP contribution is -2.44. The second-order valence-corrected chi connectivity index (χ2v) is 9.96. The van der Waals surface area contributed by atoms with Gasteiger partial charge in [0.1, 0.15) is 0 Å². The number of hydrogen-bond acceptors (Lipinski definition) is 3. The highest BCUT2D eigenvalue weighted by Crippen LogP contribution is 2.29. The van der Waals surface area contributed by atoms with Crippen molar-refractivity contribution >= 4 is 31.7 Å². The van der Waals surface area contributed by atoms with Crippen molar-refractivity contribution in [3.63, 3.8) is 0 Å². The predicted octanol–water partition coefficient (Wildman–Crippen LogP) is 3.65. The first-order chi connectivity index (χ1) is 11.5. The fourth-order valence-electron chi connectivity index (χ4n) is 3.88. The second kappa shape index (κ2) is 7.56. The number of halogens is 1. The van der Waals surface area contributed by atoms with E-state index >= 15 is 0 Å². The molecule has 24 heavy (non-hydrogen) atoms. The molecule has 1 aliphatic carbocycles. The number of piperidine rings is 1. The standard InChI is InChI=1S/C18H24BrNO3S/c19-16-7-9-17(10-8-16)24(22,23)13-14-4-3-11-20(12-14)18(21)15-5-1-2-6-15/h7-10,14-15H,1-6,11-13H2. The minimum Gasteiger partial charge on any atom is -0.342 e. The van der Waals surface area contributed by atoms with E-state index in [-0.39, 0.29) is 23.5 Å². The minimum absolute atomic E-state index is 0.0396. The number of benzene rings is 1. The largest absolute Gasteiger partial charge is 0.342 e. The summed E-state index contributed by atoms with van der Waals surface area (Å²) in [6.45, 7) is 1.37. The average molecular weight is 414 g/mol. The highest BCUT2D eigenvalue weighted by molar-refractivity contribution is 9.10. The van der Waals surface area contributed by atoms with Crippen LogP contribution in [0.1, 0.15) is 38.5 Å². The third-order valence-corrected chi connectivity index (χ3v) is 7.59. The summed E-state index contributed by atoms with van der Waals surface area (Å²) in [5.74, 6) is 0.589. The quantitative estimate of drug-likeness (QED) is 0.756. The van der Waals surface area contributed by atoms with E-state index < -0.39 is 9.84 Å². The van der Waals surface area contributed by atoms with Gasteiger partial charge in [-0.05, 0) is 55.9 Å². The molecule has 4 nitrogen and oxygen atoms in total. The predicted molar refractivity (Wildman–Crippen MR) is 97.5 cm³/mol. The van der Waals surface area contributed by atoms with E-state index in [0.717, 1.165) is 49.5 Å². The molecule has 0 aromatic heterocycles. The molecule has 1 heterocycles. The lowest BCUT2D eigenvalue weighted by molar-refractivity contribution is -0.137. The van der Waals surface area contributed by atoms with Gasteiger partial charge >= 0.3 is 0 Å². The number of amides is 1. The molecule has 132 valence electrons. The van der Waals surface area contributed by atoms with E-state index in [2.05, 4.69) is 15.9 Å². The third kappa shape index (κ3) is 4.20. The van der Waals surface area contributed by atoms with Crippen LogP contribution in [-0.2, 0) is 14.6 Å². The summed E-state index contributed by atoms with van der Waals surface area (Å²) in [5, 5.41) is 0. The van der Waals surface area contributed by atoms with Crippen molar-refractivity contribution in [2.24, 2.45) is 11.8 Å². The van der Waals surface area contributed by atoms with Crippen LogP contribution in [0.2, 0.25) is 0 Å². The number of hydrogen-bond donors (Lipinski definition) is 0. The van der Waals surface area contributed by atoms with Gasteiger partial charge in [0.2, 0.25) is 5.91 Å². The van der Waals surface area contributed by atoms with Gasteiger partial charge in [0.05, 0.1) is 10.6 Å². The Labute approximate surface area is 152 Å². The van der Waals surface area contributed by atoms with Gasteiger partial charge < -0.3 is 4.90 Å².